The topological polar surface area (TPSA) is 37.4 Å². The Morgan fingerprint density at radius 2 is 1.52 bits per heavy atom. The predicted octanol–water partition coefficient (Wildman–Crippen LogP) is 3.60. The SMILES string of the molecule is CCc1ccc(S(=O)(=O)N(CC)c2ccc(F)cc2)cc1. The Kier molecular flexibility index (Phi) is 4.63. The fraction of sp³-hybridized carbons (Fsp3) is 0.250. The number of hydrogen-bond donors (Lipinski definition) is 0. The quantitative estimate of drug-likeness (QED) is 0.846. The van der Waals surface area contributed by atoms with Gasteiger partial charge in [0, 0.05) is 6.54 Å². The van der Waals surface area contributed by atoms with Gasteiger partial charge < -0.3 is 0 Å². The molecule has 0 amide bonds. The van der Waals surface area contributed by atoms with Gasteiger partial charge in [-0.2, -0.15) is 0 Å². The average Bonchev–Trinajstić information content (AvgIpc) is 2.50. The second-order valence-corrected chi connectivity index (χ2v) is 6.51. The Morgan fingerprint density at radius 1 is 0.952 bits per heavy atom. The molecule has 0 saturated carbocycles. The molecule has 3 nitrogen and oxygen atoms in total. The standard InChI is InChI=1S/C16H18FNO2S/c1-3-13-5-11-16(12-6-13)21(19,20)18(4-2)15-9-7-14(17)8-10-15/h5-12H,3-4H2,1-2H3. The van der Waals surface area contributed by atoms with Crippen LogP contribution in [0.1, 0.15) is 19.4 Å². The van der Waals surface area contributed by atoms with Gasteiger partial charge in [-0.1, -0.05) is 19.1 Å². The Hall–Kier alpha value is -1.88. The molecule has 0 unspecified atom stereocenters. The lowest BCUT2D eigenvalue weighted by Crippen LogP contribution is -2.30. The molecule has 112 valence electrons. The Labute approximate surface area is 125 Å². The first-order valence-electron chi connectivity index (χ1n) is 6.86. The van der Waals surface area contributed by atoms with E-state index in [0.717, 1.165) is 12.0 Å². The molecule has 0 aliphatic heterocycles. The molecule has 0 aliphatic rings. The van der Waals surface area contributed by atoms with Crippen molar-refractivity contribution in [1.29, 1.82) is 0 Å². The van der Waals surface area contributed by atoms with E-state index < -0.39 is 10.0 Å². The molecule has 0 aromatic heterocycles. The lowest BCUT2D eigenvalue weighted by atomic mass is 10.2. The fourth-order valence-corrected chi connectivity index (χ4v) is 3.60. The zero-order valence-electron chi connectivity index (χ0n) is 12.1. The number of anilines is 1. The van der Waals surface area contributed by atoms with Crippen LogP contribution in [0.5, 0.6) is 0 Å². The second-order valence-electron chi connectivity index (χ2n) is 4.64. The van der Waals surface area contributed by atoms with Crippen molar-refractivity contribution in [2.24, 2.45) is 0 Å². The number of sulfonamides is 1. The molecule has 0 radical (unpaired) electrons. The third-order valence-electron chi connectivity index (χ3n) is 3.32. The van der Waals surface area contributed by atoms with Gasteiger partial charge in [-0.3, -0.25) is 4.31 Å². The average molecular weight is 307 g/mol. The lowest BCUT2D eigenvalue weighted by molar-refractivity contribution is 0.591. The minimum absolute atomic E-state index is 0.242. The Balaban J connectivity index is 2.41. The third-order valence-corrected chi connectivity index (χ3v) is 5.24. The van der Waals surface area contributed by atoms with Gasteiger partial charge in [0.15, 0.2) is 0 Å². The summed E-state index contributed by atoms with van der Waals surface area (Å²) in [5.41, 5.74) is 1.54. The van der Waals surface area contributed by atoms with E-state index in [1.54, 1.807) is 19.1 Å². The van der Waals surface area contributed by atoms with Crippen molar-refractivity contribution >= 4 is 15.7 Å². The highest BCUT2D eigenvalue weighted by molar-refractivity contribution is 7.92. The van der Waals surface area contributed by atoms with E-state index in [2.05, 4.69) is 0 Å². The molecular weight excluding hydrogens is 289 g/mol. The summed E-state index contributed by atoms with van der Waals surface area (Å²) in [5, 5.41) is 0. The number of halogens is 1. The van der Waals surface area contributed by atoms with E-state index in [1.807, 2.05) is 19.1 Å². The summed E-state index contributed by atoms with van der Waals surface area (Å²) in [6.07, 6.45) is 0.857. The van der Waals surface area contributed by atoms with Crippen molar-refractivity contribution < 1.29 is 12.8 Å². The zero-order valence-corrected chi connectivity index (χ0v) is 12.9. The number of nitrogens with zero attached hydrogens (tertiary/aromatic N) is 1. The van der Waals surface area contributed by atoms with Crippen LogP contribution in [0.4, 0.5) is 10.1 Å². The van der Waals surface area contributed by atoms with E-state index >= 15 is 0 Å². The highest BCUT2D eigenvalue weighted by Gasteiger charge is 2.23. The highest BCUT2D eigenvalue weighted by atomic mass is 32.2. The van der Waals surface area contributed by atoms with Gasteiger partial charge in [0.2, 0.25) is 0 Å². The van der Waals surface area contributed by atoms with Crippen molar-refractivity contribution in [2.75, 3.05) is 10.8 Å². The van der Waals surface area contributed by atoms with Gasteiger partial charge in [0.25, 0.3) is 10.0 Å². The molecule has 0 saturated heterocycles. The summed E-state index contributed by atoms with van der Waals surface area (Å²) in [5.74, 6) is -0.389. The monoisotopic (exact) mass is 307 g/mol. The molecule has 0 heterocycles. The van der Waals surface area contributed by atoms with Crippen LogP contribution in [0.15, 0.2) is 53.4 Å². The van der Waals surface area contributed by atoms with Gasteiger partial charge in [0.05, 0.1) is 10.6 Å². The zero-order chi connectivity index (χ0) is 15.5. The van der Waals surface area contributed by atoms with Gasteiger partial charge in [-0.25, -0.2) is 12.8 Å². The normalized spacial score (nSPS) is 11.4. The largest absolute Gasteiger partial charge is 0.267 e. The molecule has 0 N–H and O–H groups in total. The Morgan fingerprint density at radius 3 is 2.00 bits per heavy atom. The molecule has 0 aliphatic carbocycles. The summed E-state index contributed by atoms with van der Waals surface area (Å²) < 4.78 is 39.6. The summed E-state index contributed by atoms with van der Waals surface area (Å²) in [6, 6.07) is 12.3. The minimum atomic E-state index is -3.63. The summed E-state index contributed by atoms with van der Waals surface area (Å²) in [6.45, 7) is 4.05. The number of benzene rings is 2. The summed E-state index contributed by atoms with van der Waals surface area (Å²) in [7, 11) is -3.63. The fourth-order valence-electron chi connectivity index (χ4n) is 2.12. The molecule has 2 aromatic rings. The lowest BCUT2D eigenvalue weighted by Gasteiger charge is -2.23. The van der Waals surface area contributed by atoms with Crippen LogP contribution in [0.25, 0.3) is 0 Å². The first-order valence-corrected chi connectivity index (χ1v) is 8.30. The van der Waals surface area contributed by atoms with Crippen molar-refractivity contribution in [3.05, 3.63) is 59.9 Å². The highest BCUT2D eigenvalue weighted by Crippen LogP contribution is 2.24. The van der Waals surface area contributed by atoms with Crippen LogP contribution in [0.3, 0.4) is 0 Å². The van der Waals surface area contributed by atoms with Crippen LogP contribution >= 0.6 is 0 Å². The van der Waals surface area contributed by atoms with Crippen molar-refractivity contribution in [1.82, 2.24) is 0 Å². The van der Waals surface area contributed by atoms with Gasteiger partial charge >= 0.3 is 0 Å². The van der Waals surface area contributed by atoms with Crippen LogP contribution in [-0.2, 0) is 16.4 Å². The molecule has 5 heteroatoms. The number of hydrogen-bond acceptors (Lipinski definition) is 2. The van der Waals surface area contributed by atoms with E-state index in [-0.39, 0.29) is 17.3 Å². The molecule has 0 atom stereocenters. The van der Waals surface area contributed by atoms with E-state index in [4.69, 9.17) is 0 Å². The molecule has 21 heavy (non-hydrogen) atoms. The molecule has 0 spiro atoms. The summed E-state index contributed by atoms with van der Waals surface area (Å²) >= 11 is 0. The molecular formula is C16H18FNO2S. The van der Waals surface area contributed by atoms with Gasteiger partial charge in [0.1, 0.15) is 5.82 Å². The van der Waals surface area contributed by atoms with E-state index in [9.17, 15) is 12.8 Å². The van der Waals surface area contributed by atoms with E-state index in [1.165, 1.54) is 28.6 Å². The minimum Gasteiger partial charge on any atom is -0.267 e. The van der Waals surface area contributed by atoms with Crippen LogP contribution in [-0.4, -0.2) is 15.0 Å². The van der Waals surface area contributed by atoms with Crippen LogP contribution in [0.2, 0.25) is 0 Å². The maximum absolute atomic E-state index is 13.0. The third kappa shape index (κ3) is 3.24. The molecule has 0 fully saturated rings. The van der Waals surface area contributed by atoms with Crippen molar-refractivity contribution in [3.8, 4) is 0 Å². The van der Waals surface area contributed by atoms with E-state index in [0.29, 0.717) is 5.69 Å². The number of aryl methyl sites for hydroxylation is 1. The van der Waals surface area contributed by atoms with Gasteiger partial charge in [-0.15, -0.1) is 0 Å². The van der Waals surface area contributed by atoms with Crippen LogP contribution < -0.4 is 4.31 Å². The first-order chi connectivity index (χ1) is 9.98. The van der Waals surface area contributed by atoms with Crippen molar-refractivity contribution in [2.45, 2.75) is 25.2 Å². The van der Waals surface area contributed by atoms with Crippen molar-refractivity contribution in [3.63, 3.8) is 0 Å². The smallest absolute Gasteiger partial charge is 0.264 e. The predicted molar refractivity (Wildman–Crippen MR) is 82.4 cm³/mol. The first kappa shape index (κ1) is 15.5. The van der Waals surface area contributed by atoms with Gasteiger partial charge in [-0.05, 0) is 55.3 Å². The molecule has 0 bridgehead atoms. The number of rotatable bonds is 5. The molecule has 2 aromatic carbocycles. The summed E-state index contributed by atoms with van der Waals surface area (Å²) in [4.78, 5) is 0.242. The van der Waals surface area contributed by atoms with Crippen LogP contribution in [0, 0.1) is 5.82 Å². The molecule has 2 rings (SSSR count). The Bertz CT molecular complexity index is 694. The maximum Gasteiger partial charge on any atom is 0.264 e. The second kappa shape index (κ2) is 6.26. The maximum atomic E-state index is 13.0.